The van der Waals surface area contributed by atoms with Gasteiger partial charge in [0.25, 0.3) is 0 Å². The van der Waals surface area contributed by atoms with E-state index in [2.05, 4.69) is 15.9 Å². The molecule has 0 aromatic heterocycles. The van der Waals surface area contributed by atoms with Crippen molar-refractivity contribution in [3.8, 4) is 0 Å². The molecule has 0 aromatic carbocycles. The first kappa shape index (κ1) is 16.9. The van der Waals surface area contributed by atoms with Gasteiger partial charge in [0.1, 0.15) is 4.32 Å². The van der Waals surface area contributed by atoms with Crippen molar-refractivity contribution >= 4 is 21.9 Å². The van der Waals surface area contributed by atoms with E-state index in [0.717, 1.165) is 25.7 Å². The molecule has 0 heterocycles. The number of hydrogen-bond donors (Lipinski definition) is 1. The van der Waals surface area contributed by atoms with Crippen LogP contribution >= 0.6 is 15.9 Å². The van der Waals surface area contributed by atoms with E-state index in [1.807, 2.05) is 0 Å². The molecular formula is C13H25BrO3. The van der Waals surface area contributed by atoms with Crippen LogP contribution in [0.4, 0.5) is 0 Å². The topological polar surface area (TPSA) is 46.5 Å². The van der Waals surface area contributed by atoms with Gasteiger partial charge in [-0.15, -0.1) is 0 Å². The average molecular weight is 309 g/mol. The van der Waals surface area contributed by atoms with Crippen LogP contribution in [-0.2, 0) is 9.53 Å². The second-order valence-corrected chi connectivity index (χ2v) is 6.79. The largest absolute Gasteiger partial charge is 0.465 e. The van der Waals surface area contributed by atoms with Crippen LogP contribution in [0, 0.1) is 0 Å². The van der Waals surface area contributed by atoms with Gasteiger partial charge in [-0.2, -0.15) is 0 Å². The fourth-order valence-electron chi connectivity index (χ4n) is 1.43. The minimum absolute atomic E-state index is 0.194. The molecule has 1 N–H and O–H groups in total. The number of alkyl halides is 1. The molecule has 0 aliphatic carbocycles. The van der Waals surface area contributed by atoms with Gasteiger partial charge >= 0.3 is 5.97 Å². The van der Waals surface area contributed by atoms with Crippen molar-refractivity contribution in [2.24, 2.45) is 0 Å². The zero-order valence-corrected chi connectivity index (χ0v) is 12.6. The predicted molar refractivity (Wildman–Crippen MR) is 73.4 cm³/mol. The Labute approximate surface area is 113 Å². The maximum absolute atomic E-state index is 11.4. The first-order valence-electron chi connectivity index (χ1n) is 6.45. The third-order valence-corrected chi connectivity index (χ3v) is 2.84. The van der Waals surface area contributed by atoms with E-state index in [0.29, 0.717) is 13.2 Å². The summed E-state index contributed by atoms with van der Waals surface area (Å²) in [4.78, 5) is 11.4. The summed E-state index contributed by atoms with van der Waals surface area (Å²) in [5, 5.41) is 8.60. The molecule has 0 bridgehead atoms. The Morgan fingerprint density at radius 3 is 2.00 bits per heavy atom. The van der Waals surface area contributed by atoms with Crippen molar-refractivity contribution in [2.75, 3.05) is 13.2 Å². The first-order valence-corrected chi connectivity index (χ1v) is 7.25. The summed E-state index contributed by atoms with van der Waals surface area (Å²) < 4.78 is 4.56. The van der Waals surface area contributed by atoms with E-state index in [1.54, 1.807) is 13.8 Å². The van der Waals surface area contributed by atoms with Gasteiger partial charge in [0.15, 0.2) is 0 Å². The van der Waals surface area contributed by atoms with Crippen LogP contribution in [0.25, 0.3) is 0 Å². The Morgan fingerprint density at radius 2 is 1.53 bits per heavy atom. The van der Waals surface area contributed by atoms with Gasteiger partial charge in [0.2, 0.25) is 0 Å². The van der Waals surface area contributed by atoms with Gasteiger partial charge in [-0.25, -0.2) is 0 Å². The summed E-state index contributed by atoms with van der Waals surface area (Å²) in [5.41, 5.74) is 0. The lowest BCUT2D eigenvalue weighted by molar-refractivity contribution is -0.145. The zero-order valence-electron chi connectivity index (χ0n) is 11.0. The van der Waals surface area contributed by atoms with E-state index in [-0.39, 0.29) is 5.97 Å². The Kier molecular flexibility index (Phi) is 9.84. The highest BCUT2D eigenvalue weighted by Crippen LogP contribution is 2.17. The molecule has 0 saturated heterocycles. The second kappa shape index (κ2) is 9.89. The number of aliphatic hydroxyl groups excluding tert-OH is 1. The van der Waals surface area contributed by atoms with Gasteiger partial charge < -0.3 is 9.84 Å². The molecule has 0 unspecified atom stereocenters. The van der Waals surface area contributed by atoms with Gasteiger partial charge in [-0.3, -0.25) is 4.79 Å². The number of unbranched alkanes of at least 4 members (excludes halogenated alkanes) is 6. The van der Waals surface area contributed by atoms with Crippen molar-refractivity contribution in [3.05, 3.63) is 0 Å². The Hall–Kier alpha value is -0.0900. The van der Waals surface area contributed by atoms with E-state index >= 15 is 0 Å². The maximum atomic E-state index is 11.4. The van der Waals surface area contributed by atoms with Crippen molar-refractivity contribution in [1.82, 2.24) is 0 Å². The van der Waals surface area contributed by atoms with E-state index in [9.17, 15) is 4.79 Å². The highest BCUT2D eigenvalue weighted by Gasteiger charge is 2.24. The lowest BCUT2D eigenvalue weighted by Gasteiger charge is -2.14. The predicted octanol–water partition coefficient (Wildman–Crippen LogP) is 3.43. The highest BCUT2D eigenvalue weighted by molar-refractivity contribution is 9.10. The SMILES string of the molecule is CC(C)(Br)C(=O)OCCCCCCCCCO. The number of carbonyl (C=O) groups is 1. The maximum Gasteiger partial charge on any atom is 0.322 e. The number of halogens is 1. The van der Waals surface area contributed by atoms with Crippen LogP contribution in [0.5, 0.6) is 0 Å². The molecule has 0 aromatic rings. The molecule has 0 spiro atoms. The molecule has 0 atom stereocenters. The number of carbonyl (C=O) groups excluding carboxylic acids is 1. The molecule has 17 heavy (non-hydrogen) atoms. The van der Waals surface area contributed by atoms with Crippen LogP contribution in [0.3, 0.4) is 0 Å². The summed E-state index contributed by atoms with van der Waals surface area (Å²) in [7, 11) is 0. The first-order chi connectivity index (χ1) is 7.98. The highest BCUT2D eigenvalue weighted by atomic mass is 79.9. The molecule has 4 heteroatoms. The number of rotatable bonds is 10. The number of aliphatic hydroxyl groups is 1. The van der Waals surface area contributed by atoms with Crippen LogP contribution in [0.15, 0.2) is 0 Å². The summed E-state index contributed by atoms with van der Waals surface area (Å²) in [6.45, 7) is 4.40. The lowest BCUT2D eigenvalue weighted by Crippen LogP contribution is -2.26. The minimum atomic E-state index is -0.572. The number of ether oxygens (including phenoxy) is 1. The van der Waals surface area contributed by atoms with Crippen molar-refractivity contribution in [2.45, 2.75) is 63.1 Å². The fraction of sp³-hybridized carbons (Fsp3) is 0.923. The van der Waals surface area contributed by atoms with Gasteiger partial charge in [-0.05, 0) is 26.7 Å². The molecule has 0 radical (unpaired) electrons. The smallest absolute Gasteiger partial charge is 0.322 e. The van der Waals surface area contributed by atoms with Gasteiger partial charge in [0, 0.05) is 6.61 Å². The van der Waals surface area contributed by atoms with Gasteiger partial charge in [-0.1, -0.05) is 48.0 Å². The van der Waals surface area contributed by atoms with Gasteiger partial charge in [0.05, 0.1) is 6.61 Å². The standard InChI is InChI=1S/C13H25BrO3/c1-13(2,14)12(16)17-11-9-7-5-3-4-6-8-10-15/h15H,3-11H2,1-2H3. The van der Waals surface area contributed by atoms with Crippen molar-refractivity contribution < 1.29 is 14.6 Å². The summed E-state index contributed by atoms with van der Waals surface area (Å²) >= 11 is 3.27. The lowest BCUT2D eigenvalue weighted by atomic mass is 10.1. The average Bonchev–Trinajstić information content (AvgIpc) is 2.25. The fourth-order valence-corrected chi connectivity index (χ4v) is 1.55. The Morgan fingerprint density at radius 1 is 1.06 bits per heavy atom. The van der Waals surface area contributed by atoms with Crippen LogP contribution in [0.2, 0.25) is 0 Å². The molecule has 0 amide bonds. The van der Waals surface area contributed by atoms with Crippen molar-refractivity contribution in [3.63, 3.8) is 0 Å². The molecule has 3 nitrogen and oxygen atoms in total. The third-order valence-electron chi connectivity index (χ3n) is 2.52. The molecule has 0 saturated carbocycles. The quantitative estimate of drug-likeness (QED) is 0.382. The number of esters is 1. The minimum Gasteiger partial charge on any atom is -0.465 e. The summed E-state index contributed by atoms with van der Waals surface area (Å²) in [5.74, 6) is -0.194. The normalized spacial score (nSPS) is 11.5. The summed E-state index contributed by atoms with van der Waals surface area (Å²) in [6.07, 6.45) is 7.65. The summed E-state index contributed by atoms with van der Waals surface area (Å²) in [6, 6.07) is 0. The Balaban J connectivity index is 3.22. The third kappa shape index (κ3) is 10.8. The molecule has 0 aliphatic heterocycles. The molecule has 0 rings (SSSR count). The molecule has 0 fully saturated rings. The molecule has 0 aliphatic rings. The van der Waals surface area contributed by atoms with Crippen molar-refractivity contribution in [1.29, 1.82) is 0 Å². The monoisotopic (exact) mass is 308 g/mol. The number of hydrogen-bond acceptors (Lipinski definition) is 3. The van der Waals surface area contributed by atoms with Crippen LogP contribution < -0.4 is 0 Å². The van der Waals surface area contributed by atoms with E-state index < -0.39 is 4.32 Å². The van der Waals surface area contributed by atoms with E-state index in [1.165, 1.54) is 19.3 Å². The molecule has 102 valence electrons. The van der Waals surface area contributed by atoms with Crippen LogP contribution in [0.1, 0.15) is 58.8 Å². The zero-order chi connectivity index (χ0) is 13.1. The molecular weight excluding hydrogens is 284 g/mol. The van der Waals surface area contributed by atoms with Crippen LogP contribution in [-0.4, -0.2) is 28.6 Å². The Bertz CT molecular complexity index is 199. The second-order valence-electron chi connectivity index (χ2n) is 4.81. The van der Waals surface area contributed by atoms with E-state index in [4.69, 9.17) is 9.84 Å².